The first kappa shape index (κ1) is 8.49. The molecule has 4 heteroatoms. The largest absolute Gasteiger partial charge is 0.486 e. The van der Waals surface area contributed by atoms with Gasteiger partial charge >= 0.3 is 0 Å². The van der Waals surface area contributed by atoms with E-state index in [0.717, 1.165) is 29.5 Å². The van der Waals surface area contributed by atoms with Crippen molar-refractivity contribution in [3.8, 4) is 5.06 Å². The molecule has 0 aromatic carbocycles. The summed E-state index contributed by atoms with van der Waals surface area (Å²) in [6.45, 7) is 0.724. The minimum absolute atomic E-state index is 0.724. The topological polar surface area (TPSA) is 48.1 Å². The number of thiazole rings is 1. The summed E-state index contributed by atoms with van der Waals surface area (Å²) < 4.78 is 5.00. The van der Waals surface area contributed by atoms with Gasteiger partial charge in [0.25, 0.3) is 0 Å². The molecule has 11 heavy (non-hydrogen) atoms. The Labute approximate surface area is 70.2 Å². The third kappa shape index (κ3) is 2.48. The molecule has 2 N–H and O–H groups in total. The molecule has 0 spiro atoms. The van der Waals surface area contributed by atoms with Gasteiger partial charge in [-0.15, -0.1) is 0 Å². The monoisotopic (exact) mass is 172 g/mol. The zero-order chi connectivity index (χ0) is 8.10. The number of nitrogens with two attached hydrogens (primary N) is 1. The van der Waals surface area contributed by atoms with Gasteiger partial charge in [0, 0.05) is 6.42 Å². The minimum atomic E-state index is 0.724. The normalized spacial score (nSPS) is 10.0. The van der Waals surface area contributed by atoms with Gasteiger partial charge in [-0.2, -0.15) is 0 Å². The van der Waals surface area contributed by atoms with Crippen LogP contribution in [0.4, 0.5) is 0 Å². The van der Waals surface area contributed by atoms with Crippen LogP contribution in [-0.4, -0.2) is 18.6 Å². The summed E-state index contributed by atoms with van der Waals surface area (Å²) in [6, 6.07) is 0. The SMILES string of the molecule is COc1cnc(CCCN)s1. The maximum atomic E-state index is 5.36. The molecule has 1 aromatic rings. The van der Waals surface area contributed by atoms with Gasteiger partial charge < -0.3 is 10.5 Å². The van der Waals surface area contributed by atoms with Crippen molar-refractivity contribution >= 4 is 11.3 Å². The van der Waals surface area contributed by atoms with Crippen LogP contribution in [0.3, 0.4) is 0 Å². The van der Waals surface area contributed by atoms with E-state index in [9.17, 15) is 0 Å². The fourth-order valence-corrected chi connectivity index (χ4v) is 1.53. The molecule has 0 atom stereocenters. The summed E-state index contributed by atoms with van der Waals surface area (Å²) in [5.74, 6) is 0. The molecule has 0 bridgehead atoms. The smallest absolute Gasteiger partial charge is 0.193 e. The minimum Gasteiger partial charge on any atom is -0.486 e. The highest BCUT2D eigenvalue weighted by molar-refractivity contribution is 7.13. The van der Waals surface area contributed by atoms with Crippen LogP contribution in [0, 0.1) is 0 Å². The van der Waals surface area contributed by atoms with E-state index in [1.807, 2.05) is 0 Å². The van der Waals surface area contributed by atoms with Gasteiger partial charge in [0.2, 0.25) is 0 Å². The van der Waals surface area contributed by atoms with E-state index in [4.69, 9.17) is 10.5 Å². The number of nitrogens with zero attached hydrogens (tertiary/aromatic N) is 1. The Bertz CT molecular complexity index is 212. The summed E-state index contributed by atoms with van der Waals surface area (Å²) in [5, 5.41) is 1.98. The Balaban J connectivity index is 2.44. The van der Waals surface area contributed by atoms with Crippen LogP contribution in [-0.2, 0) is 6.42 Å². The van der Waals surface area contributed by atoms with Gasteiger partial charge in [-0.3, -0.25) is 0 Å². The molecule has 3 nitrogen and oxygen atoms in total. The van der Waals surface area contributed by atoms with Crippen molar-refractivity contribution in [2.45, 2.75) is 12.8 Å². The van der Waals surface area contributed by atoms with Crippen LogP contribution in [0.15, 0.2) is 6.20 Å². The lowest BCUT2D eigenvalue weighted by atomic mass is 10.3. The highest BCUT2D eigenvalue weighted by Gasteiger charge is 1.99. The highest BCUT2D eigenvalue weighted by Crippen LogP contribution is 2.21. The van der Waals surface area contributed by atoms with Crippen LogP contribution < -0.4 is 10.5 Å². The Morgan fingerprint density at radius 3 is 3.09 bits per heavy atom. The molecule has 0 saturated heterocycles. The fourth-order valence-electron chi connectivity index (χ4n) is 0.757. The summed E-state index contributed by atoms with van der Waals surface area (Å²) in [5.41, 5.74) is 5.36. The molecule has 0 radical (unpaired) electrons. The lowest BCUT2D eigenvalue weighted by Crippen LogP contribution is -1.99. The van der Waals surface area contributed by atoms with Gasteiger partial charge in [-0.05, 0) is 13.0 Å². The van der Waals surface area contributed by atoms with Crippen molar-refractivity contribution in [1.82, 2.24) is 4.98 Å². The van der Waals surface area contributed by atoms with Crippen LogP contribution in [0.2, 0.25) is 0 Å². The van der Waals surface area contributed by atoms with Crippen molar-refractivity contribution in [1.29, 1.82) is 0 Å². The number of ether oxygens (including phenoxy) is 1. The van der Waals surface area contributed by atoms with E-state index in [-0.39, 0.29) is 0 Å². The molecule has 0 fully saturated rings. The average Bonchev–Trinajstić information content (AvgIpc) is 2.48. The highest BCUT2D eigenvalue weighted by atomic mass is 32.1. The lowest BCUT2D eigenvalue weighted by molar-refractivity contribution is 0.426. The lowest BCUT2D eigenvalue weighted by Gasteiger charge is -1.90. The Kier molecular flexibility index (Phi) is 3.32. The van der Waals surface area contributed by atoms with Crippen LogP contribution >= 0.6 is 11.3 Å². The van der Waals surface area contributed by atoms with E-state index in [1.54, 1.807) is 24.6 Å². The zero-order valence-electron chi connectivity index (χ0n) is 6.54. The van der Waals surface area contributed by atoms with E-state index in [0.29, 0.717) is 0 Å². The average molecular weight is 172 g/mol. The molecule has 0 aliphatic carbocycles. The summed E-state index contributed by atoms with van der Waals surface area (Å²) in [6.07, 6.45) is 3.71. The molecular weight excluding hydrogens is 160 g/mol. The Morgan fingerprint density at radius 2 is 2.55 bits per heavy atom. The van der Waals surface area contributed by atoms with E-state index in [2.05, 4.69) is 4.98 Å². The van der Waals surface area contributed by atoms with Crippen molar-refractivity contribution < 1.29 is 4.74 Å². The van der Waals surface area contributed by atoms with E-state index in [1.165, 1.54) is 0 Å². The maximum Gasteiger partial charge on any atom is 0.193 e. The first-order valence-electron chi connectivity index (χ1n) is 3.55. The van der Waals surface area contributed by atoms with Gasteiger partial charge in [-0.1, -0.05) is 11.3 Å². The molecule has 0 aliphatic heterocycles. The molecule has 1 rings (SSSR count). The number of hydrogen-bond acceptors (Lipinski definition) is 4. The number of methoxy groups -OCH3 is 1. The molecule has 0 saturated carbocycles. The van der Waals surface area contributed by atoms with Gasteiger partial charge in [0.15, 0.2) is 5.06 Å². The number of aryl methyl sites for hydroxylation is 1. The van der Waals surface area contributed by atoms with Gasteiger partial charge in [0.05, 0.1) is 18.3 Å². The molecule has 0 amide bonds. The van der Waals surface area contributed by atoms with Crippen molar-refractivity contribution in [3.63, 3.8) is 0 Å². The molecular formula is C7H12N2OS. The third-order valence-corrected chi connectivity index (χ3v) is 2.35. The van der Waals surface area contributed by atoms with E-state index >= 15 is 0 Å². The first-order chi connectivity index (χ1) is 5.36. The van der Waals surface area contributed by atoms with Crippen molar-refractivity contribution in [2.24, 2.45) is 5.73 Å². The quantitative estimate of drug-likeness (QED) is 0.738. The van der Waals surface area contributed by atoms with Crippen molar-refractivity contribution in [3.05, 3.63) is 11.2 Å². The summed E-state index contributed by atoms with van der Waals surface area (Å²) in [7, 11) is 1.65. The Hall–Kier alpha value is -0.610. The van der Waals surface area contributed by atoms with Crippen molar-refractivity contribution in [2.75, 3.05) is 13.7 Å². The second-order valence-electron chi connectivity index (χ2n) is 2.17. The maximum absolute atomic E-state index is 5.36. The van der Waals surface area contributed by atoms with Gasteiger partial charge in [0.1, 0.15) is 0 Å². The number of hydrogen-bond donors (Lipinski definition) is 1. The predicted octanol–water partition coefficient (Wildman–Crippen LogP) is 1.04. The summed E-state index contributed by atoms with van der Waals surface area (Å²) in [4.78, 5) is 4.16. The molecule has 1 heterocycles. The first-order valence-corrected chi connectivity index (χ1v) is 4.37. The predicted molar refractivity (Wildman–Crippen MR) is 46.0 cm³/mol. The van der Waals surface area contributed by atoms with Crippen LogP contribution in [0.1, 0.15) is 11.4 Å². The molecule has 62 valence electrons. The fraction of sp³-hybridized carbons (Fsp3) is 0.571. The van der Waals surface area contributed by atoms with E-state index < -0.39 is 0 Å². The van der Waals surface area contributed by atoms with Gasteiger partial charge in [-0.25, -0.2) is 4.98 Å². The summed E-state index contributed by atoms with van der Waals surface area (Å²) >= 11 is 1.58. The van der Waals surface area contributed by atoms with Crippen LogP contribution in [0.25, 0.3) is 0 Å². The number of aromatic nitrogens is 1. The van der Waals surface area contributed by atoms with Crippen LogP contribution in [0.5, 0.6) is 5.06 Å². The molecule has 0 aliphatic rings. The third-order valence-electron chi connectivity index (χ3n) is 1.33. The zero-order valence-corrected chi connectivity index (χ0v) is 7.36. The molecule has 1 aromatic heterocycles. The number of rotatable bonds is 4. The Morgan fingerprint density at radius 1 is 1.73 bits per heavy atom. The second kappa shape index (κ2) is 4.31. The standard InChI is InChI=1S/C7H12N2OS/c1-10-7-5-9-6(11-7)3-2-4-8/h5H,2-4,8H2,1H3. The molecule has 0 unspecified atom stereocenters. The second-order valence-corrected chi connectivity index (χ2v) is 3.25.